The van der Waals surface area contributed by atoms with Gasteiger partial charge >= 0.3 is 6.09 Å². The summed E-state index contributed by atoms with van der Waals surface area (Å²) < 4.78 is 28.9. The molecule has 1 unspecified atom stereocenters. The van der Waals surface area contributed by atoms with Crippen molar-refractivity contribution in [3.05, 3.63) is 59.7 Å². The molecule has 14 nitrogen and oxygen atoms in total. The molecule has 4 aliphatic rings. The Morgan fingerprint density at radius 1 is 0.930 bits per heavy atom. The summed E-state index contributed by atoms with van der Waals surface area (Å²) in [6, 6.07) is 5.00. The Hall–Kier alpha value is -4.54. The van der Waals surface area contributed by atoms with Crippen LogP contribution in [0.3, 0.4) is 0 Å². The Balaban J connectivity index is 1.10. The number of carbonyl (C=O) groups excluding carboxylic acids is 4. The van der Waals surface area contributed by atoms with Crippen molar-refractivity contribution in [1.82, 2.24) is 9.80 Å². The van der Waals surface area contributed by atoms with Gasteiger partial charge in [0, 0.05) is 30.5 Å². The number of methoxy groups -OCH3 is 2. The van der Waals surface area contributed by atoms with Gasteiger partial charge in [-0.3, -0.25) is 14.4 Å². The van der Waals surface area contributed by atoms with E-state index >= 15 is 0 Å². The molecule has 0 aliphatic carbocycles. The number of hydrogen-bond donors (Lipinski definition) is 3. The lowest BCUT2D eigenvalue weighted by Crippen LogP contribution is -2.51. The fourth-order valence-corrected chi connectivity index (χ4v) is 9.18. The van der Waals surface area contributed by atoms with Crippen molar-refractivity contribution < 1.29 is 48.0 Å². The lowest BCUT2D eigenvalue weighted by atomic mass is 10.1. The molecule has 16 heteroatoms. The molecule has 57 heavy (non-hydrogen) atoms. The first kappa shape index (κ1) is 42.1. The number of thiol groups is 1. The maximum atomic E-state index is 13.9. The zero-order valence-electron chi connectivity index (χ0n) is 33.1. The molecule has 0 bridgehead atoms. The molecule has 4 aliphatic heterocycles. The summed E-state index contributed by atoms with van der Waals surface area (Å²) >= 11 is 6.28. The molecule has 6 rings (SSSR count). The van der Waals surface area contributed by atoms with Crippen LogP contribution in [0.2, 0.25) is 0 Å². The number of rotatable bonds is 15. The number of nitrogens with one attached hydrogen (secondary N) is 1. The molecular formula is C41H52N4O10S2. The van der Waals surface area contributed by atoms with E-state index in [4.69, 9.17) is 36.3 Å². The van der Waals surface area contributed by atoms with Crippen LogP contribution in [0.4, 0.5) is 16.2 Å². The zero-order valence-corrected chi connectivity index (χ0v) is 34.8. The van der Waals surface area contributed by atoms with E-state index in [0.29, 0.717) is 79.5 Å². The quantitative estimate of drug-likeness (QED) is 0.0805. The van der Waals surface area contributed by atoms with Gasteiger partial charge in [0.1, 0.15) is 12.6 Å². The van der Waals surface area contributed by atoms with E-state index in [1.165, 1.54) is 30.1 Å². The van der Waals surface area contributed by atoms with Crippen LogP contribution in [0.15, 0.2) is 48.6 Å². The summed E-state index contributed by atoms with van der Waals surface area (Å²) in [5, 5.41) is 14.5. The van der Waals surface area contributed by atoms with Crippen LogP contribution in [0.25, 0.3) is 0 Å². The predicted octanol–water partition coefficient (Wildman–Crippen LogP) is 6.28. The number of aliphatic hydroxyl groups excluding tert-OH is 1. The normalized spacial score (nSPS) is 21.7. The third kappa shape index (κ3) is 8.97. The second kappa shape index (κ2) is 17.5. The van der Waals surface area contributed by atoms with Crippen molar-refractivity contribution in [3.8, 4) is 23.0 Å². The Morgan fingerprint density at radius 3 is 2.18 bits per heavy atom. The molecule has 2 aromatic carbocycles. The number of hydrogen-bond acceptors (Lipinski definition) is 12. The van der Waals surface area contributed by atoms with Crippen molar-refractivity contribution in [2.24, 2.45) is 0 Å². The van der Waals surface area contributed by atoms with Gasteiger partial charge in [-0.1, -0.05) is 31.2 Å². The minimum Gasteiger partial charge on any atom is -0.493 e. The molecule has 4 amide bonds. The first-order valence-electron chi connectivity index (χ1n) is 19.2. The fraction of sp³-hybridized carbons (Fsp3) is 0.512. The third-order valence-electron chi connectivity index (χ3n) is 10.6. The van der Waals surface area contributed by atoms with E-state index in [-0.39, 0.29) is 58.1 Å². The lowest BCUT2D eigenvalue weighted by molar-refractivity contribution is -0.119. The van der Waals surface area contributed by atoms with E-state index in [1.54, 1.807) is 30.0 Å². The van der Waals surface area contributed by atoms with Crippen LogP contribution in [0, 0.1) is 0 Å². The van der Waals surface area contributed by atoms with E-state index in [9.17, 15) is 24.3 Å². The first-order valence-corrected chi connectivity index (χ1v) is 20.5. The SMILES string of the molecule is C=C1C[C@H]2C(=O)Nc3cc(OCCCCCOc4cc5c(cc4OC)C(=O)N4CC(=C)C[C@H]4[C@H](O)N5C(=O)OC[C@@H](C)SC(C)(S)CC)c(OC)cc3C(=O)N2C1. The highest BCUT2D eigenvalue weighted by molar-refractivity contribution is 8.11. The Labute approximate surface area is 343 Å². The molecule has 2 N–H and O–H groups in total. The van der Waals surface area contributed by atoms with Crippen molar-refractivity contribution in [2.75, 3.05) is 57.3 Å². The first-order chi connectivity index (χ1) is 27.2. The van der Waals surface area contributed by atoms with Crippen molar-refractivity contribution in [2.45, 2.75) is 86.9 Å². The van der Waals surface area contributed by atoms with Gasteiger partial charge < -0.3 is 43.9 Å². The number of thioether (sulfide) groups is 1. The number of amides is 4. The van der Waals surface area contributed by atoms with Crippen LogP contribution in [-0.2, 0) is 9.53 Å². The molecule has 5 atom stereocenters. The lowest BCUT2D eigenvalue weighted by Gasteiger charge is -2.32. The van der Waals surface area contributed by atoms with Gasteiger partial charge in [-0.15, -0.1) is 11.8 Å². The number of carbonyl (C=O) groups is 4. The molecular weight excluding hydrogens is 773 g/mol. The molecule has 0 spiro atoms. The Kier molecular flexibility index (Phi) is 12.9. The van der Waals surface area contributed by atoms with Gasteiger partial charge in [0.15, 0.2) is 29.2 Å². The van der Waals surface area contributed by atoms with E-state index < -0.39 is 24.4 Å². The molecule has 2 fully saturated rings. The highest BCUT2D eigenvalue weighted by Gasteiger charge is 2.46. The average molecular weight is 825 g/mol. The van der Waals surface area contributed by atoms with Crippen molar-refractivity contribution >= 4 is 59.6 Å². The van der Waals surface area contributed by atoms with Crippen LogP contribution in [-0.4, -0.2) is 113 Å². The van der Waals surface area contributed by atoms with Crippen LogP contribution >= 0.6 is 24.4 Å². The number of benzene rings is 2. The maximum Gasteiger partial charge on any atom is 0.416 e. The van der Waals surface area contributed by atoms with Gasteiger partial charge in [0.2, 0.25) is 5.91 Å². The largest absolute Gasteiger partial charge is 0.493 e. The Morgan fingerprint density at radius 2 is 1.53 bits per heavy atom. The van der Waals surface area contributed by atoms with Crippen LogP contribution in [0.1, 0.15) is 80.0 Å². The maximum absolute atomic E-state index is 13.9. The topological polar surface area (TPSA) is 156 Å². The minimum atomic E-state index is -1.40. The summed E-state index contributed by atoms with van der Waals surface area (Å²) in [5.74, 6) is 0.484. The summed E-state index contributed by atoms with van der Waals surface area (Å²) in [5.41, 5.74) is 2.64. The van der Waals surface area contributed by atoms with E-state index in [2.05, 4.69) is 18.5 Å². The van der Waals surface area contributed by atoms with Crippen LogP contribution < -0.4 is 29.2 Å². The molecule has 308 valence electrons. The van der Waals surface area contributed by atoms with Gasteiger partial charge in [-0.2, -0.15) is 12.6 Å². The van der Waals surface area contributed by atoms with Gasteiger partial charge in [-0.05, 0) is 64.5 Å². The monoisotopic (exact) mass is 824 g/mol. The second-order valence-electron chi connectivity index (χ2n) is 15.0. The summed E-state index contributed by atoms with van der Waals surface area (Å²) in [6.07, 6.45) is 1.38. The summed E-state index contributed by atoms with van der Waals surface area (Å²) in [6.45, 7) is 15.2. The number of anilines is 2. The number of unbranched alkanes of at least 4 members (excludes halogenated alkanes) is 2. The van der Waals surface area contributed by atoms with Crippen LogP contribution in [0.5, 0.6) is 23.0 Å². The standard InChI is InChI=1S/C41H52N4O10S2/c1-8-41(5,56)57-25(4)22-55-40(50)45-29-19-35(33(52-7)17-27(29)38(48)44-21-24(3)15-31(44)39(45)49)54-13-11-9-10-12-53-34-18-28-26(16-32(34)51-6)37(47)43-20-23(2)14-30(43)36(46)42-28/h16-19,25,30-31,39,49,56H,2-3,8-15,20-22H2,1,4-7H3,(H,42,46)/t25-,30+,31+,39+,41?/m1/s1. The Bertz CT molecular complexity index is 1940. The molecule has 2 saturated heterocycles. The van der Waals surface area contributed by atoms with Gasteiger partial charge in [0.25, 0.3) is 11.8 Å². The smallest absolute Gasteiger partial charge is 0.416 e. The predicted molar refractivity (Wildman–Crippen MR) is 221 cm³/mol. The van der Waals surface area contributed by atoms with E-state index in [0.717, 1.165) is 22.5 Å². The van der Waals surface area contributed by atoms with Crippen molar-refractivity contribution in [3.63, 3.8) is 0 Å². The highest BCUT2D eigenvalue weighted by atomic mass is 32.2. The van der Waals surface area contributed by atoms with Gasteiger partial charge in [-0.25, -0.2) is 9.69 Å². The molecule has 2 aromatic rings. The highest BCUT2D eigenvalue weighted by Crippen LogP contribution is 2.43. The molecule has 4 heterocycles. The van der Waals surface area contributed by atoms with Gasteiger partial charge in [0.05, 0.1) is 60.1 Å². The molecule has 0 radical (unpaired) electrons. The van der Waals surface area contributed by atoms with Crippen molar-refractivity contribution in [1.29, 1.82) is 0 Å². The second-order valence-corrected chi connectivity index (χ2v) is 18.2. The molecule has 0 aromatic heterocycles. The zero-order chi connectivity index (χ0) is 41.2. The minimum absolute atomic E-state index is 0.0713. The third-order valence-corrected chi connectivity index (χ3v) is 12.6. The summed E-state index contributed by atoms with van der Waals surface area (Å²) in [4.78, 5) is 58.2. The average Bonchev–Trinajstić information content (AvgIpc) is 3.74. The van der Waals surface area contributed by atoms with E-state index in [1.807, 2.05) is 20.8 Å². The number of nitrogens with zero attached hydrogens (tertiary/aromatic N) is 3. The fourth-order valence-electron chi connectivity index (χ4n) is 7.47. The summed E-state index contributed by atoms with van der Waals surface area (Å²) in [7, 11) is 2.96. The molecule has 0 saturated carbocycles. The number of ether oxygens (including phenoxy) is 5. The number of aliphatic hydroxyl groups is 1. The number of fused-ring (bicyclic) bond motifs is 4.